The van der Waals surface area contributed by atoms with Crippen LogP contribution < -0.4 is 9.62 Å². The van der Waals surface area contributed by atoms with E-state index < -0.39 is 10.0 Å². The summed E-state index contributed by atoms with van der Waals surface area (Å²) in [6.07, 6.45) is 1.88. The summed E-state index contributed by atoms with van der Waals surface area (Å²) in [5.41, 5.74) is 1.38. The second-order valence-electron chi connectivity index (χ2n) is 6.74. The fourth-order valence-corrected chi connectivity index (χ4v) is 4.80. The van der Waals surface area contributed by atoms with Crippen LogP contribution in [0.1, 0.15) is 18.4 Å². The van der Waals surface area contributed by atoms with Crippen molar-refractivity contribution in [3.63, 3.8) is 0 Å². The molecule has 0 aromatic heterocycles. The van der Waals surface area contributed by atoms with Crippen molar-refractivity contribution in [3.8, 4) is 0 Å². The Morgan fingerprint density at radius 2 is 2.00 bits per heavy atom. The van der Waals surface area contributed by atoms with E-state index in [0.717, 1.165) is 27.2 Å². The van der Waals surface area contributed by atoms with Gasteiger partial charge < -0.3 is 10.1 Å². The molecule has 150 valence electrons. The van der Waals surface area contributed by atoms with Gasteiger partial charge in [-0.3, -0.25) is 9.10 Å². The van der Waals surface area contributed by atoms with E-state index in [2.05, 4.69) is 21.2 Å². The first-order chi connectivity index (χ1) is 13.4. The third kappa shape index (κ3) is 5.12. The fraction of sp³-hybridized carbons (Fsp3) is 0.350. The van der Waals surface area contributed by atoms with E-state index in [9.17, 15) is 13.2 Å². The summed E-state index contributed by atoms with van der Waals surface area (Å²) in [5, 5.41) is 2.79. The highest BCUT2D eigenvalue weighted by molar-refractivity contribution is 9.10. The molecule has 1 heterocycles. The van der Waals surface area contributed by atoms with Gasteiger partial charge in [-0.25, -0.2) is 8.42 Å². The van der Waals surface area contributed by atoms with E-state index in [1.54, 1.807) is 48.5 Å². The second kappa shape index (κ2) is 9.07. The molecule has 1 aliphatic heterocycles. The monoisotopic (exact) mass is 466 g/mol. The Hall–Kier alpha value is -1.90. The van der Waals surface area contributed by atoms with Crippen LogP contribution in [0.2, 0.25) is 0 Å². The number of rotatable bonds is 7. The number of halogens is 1. The molecule has 1 fully saturated rings. The molecule has 3 rings (SSSR count). The van der Waals surface area contributed by atoms with Crippen molar-refractivity contribution >= 4 is 37.5 Å². The zero-order valence-corrected chi connectivity index (χ0v) is 18.0. The Labute approximate surface area is 174 Å². The maximum absolute atomic E-state index is 13.3. The molecular weight excluding hydrogens is 444 g/mol. The lowest BCUT2D eigenvalue weighted by atomic mass is 10.2. The van der Waals surface area contributed by atoms with Crippen LogP contribution in [0.5, 0.6) is 0 Å². The zero-order valence-electron chi connectivity index (χ0n) is 15.6. The number of ether oxygens (including phenoxy) is 1. The van der Waals surface area contributed by atoms with E-state index in [4.69, 9.17) is 4.74 Å². The maximum Gasteiger partial charge on any atom is 0.264 e. The van der Waals surface area contributed by atoms with Gasteiger partial charge in [0.25, 0.3) is 10.0 Å². The number of benzene rings is 2. The lowest BCUT2D eigenvalue weighted by molar-refractivity contribution is -0.120. The van der Waals surface area contributed by atoms with Crippen LogP contribution in [0.25, 0.3) is 0 Å². The molecule has 1 amide bonds. The first-order valence-corrected chi connectivity index (χ1v) is 11.3. The lowest BCUT2D eigenvalue weighted by Crippen LogP contribution is -2.42. The summed E-state index contributed by atoms with van der Waals surface area (Å²) in [6, 6.07) is 13.5. The van der Waals surface area contributed by atoms with Crippen LogP contribution >= 0.6 is 15.9 Å². The van der Waals surface area contributed by atoms with Crippen molar-refractivity contribution in [1.29, 1.82) is 0 Å². The van der Waals surface area contributed by atoms with Crippen molar-refractivity contribution in [3.05, 3.63) is 58.6 Å². The molecule has 1 N–H and O–H groups in total. The molecule has 28 heavy (non-hydrogen) atoms. The number of anilines is 1. The van der Waals surface area contributed by atoms with Crippen LogP contribution in [0.4, 0.5) is 5.69 Å². The van der Waals surface area contributed by atoms with Crippen LogP contribution in [0.15, 0.2) is 57.9 Å². The summed E-state index contributed by atoms with van der Waals surface area (Å²) in [7, 11) is -3.90. The summed E-state index contributed by atoms with van der Waals surface area (Å²) in [6.45, 7) is 2.67. The number of nitrogens with zero attached hydrogens (tertiary/aromatic N) is 1. The highest BCUT2D eigenvalue weighted by Crippen LogP contribution is 2.26. The largest absolute Gasteiger partial charge is 0.376 e. The van der Waals surface area contributed by atoms with Gasteiger partial charge in [0.1, 0.15) is 6.54 Å². The van der Waals surface area contributed by atoms with Crippen LogP contribution in [0, 0.1) is 6.92 Å². The van der Waals surface area contributed by atoms with E-state index >= 15 is 0 Å². The Balaban J connectivity index is 1.84. The van der Waals surface area contributed by atoms with Crippen LogP contribution in [-0.4, -0.2) is 40.1 Å². The second-order valence-corrected chi connectivity index (χ2v) is 9.52. The predicted octanol–water partition coefficient (Wildman–Crippen LogP) is 3.25. The van der Waals surface area contributed by atoms with Crippen molar-refractivity contribution in [1.82, 2.24) is 5.32 Å². The quantitative estimate of drug-likeness (QED) is 0.679. The smallest absolute Gasteiger partial charge is 0.264 e. The first kappa shape index (κ1) is 20.8. The highest BCUT2D eigenvalue weighted by atomic mass is 79.9. The van der Waals surface area contributed by atoms with Gasteiger partial charge in [0.2, 0.25) is 5.91 Å². The molecule has 6 nitrogen and oxygen atoms in total. The van der Waals surface area contributed by atoms with E-state index in [1.165, 1.54) is 0 Å². The SMILES string of the molecule is Cc1ccc(S(=O)(=O)N(CC(=O)NC[C@@H]2CCCO2)c2cccc(Br)c2)cc1. The van der Waals surface area contributed by atoms with Crippen LogP contribution in [-0.2, 0) is 19.6 Å². The van der Waals surface area contributed by atoms with E-state index in [1.807, 2.05) is 6.92 Å². The van der Waals surface area contributed by atoms with Gasteiger partial charge in [0, 0.05) is 17.6 Å². The normalized spacial score (nSPS) is 16.7. The number of carbonyl (C=O) groups is 1. The molecule has 1 saturated heterocycles. The minimum Gasteiger partial charge on any atom is -0.376 e. The number of sulfonamides is 1. The molecule has 8 heteroatoms. The van der Waals surface area contributed by atoms with Gasteiger partial charge in [-0.05, 0) is 50.1 Å². The van der Waals surface area contributed by atoms with Gasteiger partial charge in [-0.15, -0.1) is 0 Å². The topological polar surface area (TPSA) is 75.7 Å². The lowest BCUT2D eigenvalue weighted by Gasteiger charge is -2.24. The molecule has 1 aliphatic rings. The molecule has 2 aromatic carbocycles. The number of hydrogen-bond donors (Lipinski definition) is 1. The van der Waals surface area contributed by atoms with Gasteiger partial charge >= 0.3 is 0 Å². The summed E-state index contributed by atoms with van der Waals surface area (Å²) < 4.78 is 33.9. The Bertz CT molecular complexity index is 925. The zero-order chi connectivity index (χ0) is 20.1. The number of hydrogen-bond acceptors (Lipinski definition) is 4. The molecule has 2 aromatic rings. The van der Waals surface area contributed by atoms with Gasteiger partial charge in [-0.2, -0.15) is 0 Å². The summed E-state index contributed by atoms with van der Waals surface area (Å²) in [5.74, 6) is -0.369. The van der Waals surface area contributed by atoms with Gasteiger partial charge in [0.15, 0.2) is 0 Å². The van der Waals surface area contributed by atoms with E-state index in [0.29, 0.717) is 18.8 Å². The molecule has 0 aliphatic carbocycles. The molecule has 0 saturated carbocycles. The highest BCUT2D eigenvalue weighted by Gasteiger charge is 2.27. The molecule has 0 bridgehead atoms. The van der Waals surface area contributed by atoms with Gasteiger partial charge in [0.05, 0.1) is 16.7 Å². The fourth-order valence-electron chi connectivity index (χ4n) is 3.00. The first-order valence-electron chi connectivity index (χ1n) is 9.09. The average molecular weight is 467 g/mol. The molecular formula is C20H23BrN2O4S. The third-order valence-electron chi connectivity index (χ3n) is 4.54. The van der Waals surface area contributed by atoms with Crippen molar-refractivity contribution in [2.45, 2.75) is 30.8 Å². The van der Waals surface area contributed by atoms with Gasteiger partial charge in [-0.1, -0.05) is 39.7 Å². The summed E-state index contributed by atoms with van der Waals surface area (Å²) >= 11 is 3.37. The maximum atomic E-state index is 13.3. The molecule has 0 unspecified atom stereocenters. The van der Waals surface area contributed by atoms with Crippen molar-refractivity contribution < 1.29 is 17.9 Å². The Morgan fingerprint density at radius 1 is 1.25 bits per heavy atom. The number of aryl methyl sites for hydroxylation is 1. The van der Waals surface area contributed by atoms with Crippen molar-refractivity contribution in [2.24, 2.45) is 0 Å². The molecule has 0 radical (unpaired) electrons. The Kier molecular flexibility index (Phi) is 6.74. The molecule has 1 atom stereocenters. The number of carbonyl (C=O) groups excluding carboxylic acids is 1. The third-order valence-corrected chi connectivity index (χ3v) is 6.82. The Morgan fingerprint density at radius 3 is 2.64 bits per heavy atom. The number of nitrogens with one attached hydrogen (secondary N) is 1. The average Bonchev–Trinajstić information content (AvgIpc) is 3.18. The minimum atomic E-state index is -3.90. The number of amides is 1. The van der Waals surface area contributed by atoms with Crippen molar-refractivity contribution in [2.75, 3.05) is 24.0 Å². The van der Waals surface area contributed by atoms with E-state index in [-0.39, 0.29) is 23.5 Å². The summed E-state index contributed by atoms with van der Waals surface area (Å²) in [4.78, 5) is 12.7. The minimum absolute atomic E-state index is 0.00280. The predicted molar refractivity (Wildman–Crippen MR) is 112 cm³/mol. The standard InChI is InChI=1S/C20H23BrN2O4S/c1-15-7-9-19(10-8-15)28(25,26)23(17-5-2-4-16(21)12-17)14-20(24)22-13-18-6-3-11-27-18/h2,4-5,7-10,12,18H,3,6,11,13-14H2,1H3,(H,22,24)/t18-/m0/s1. The molecule has 0 spiro atoms. The van der Waals surface area contributed by atoms with Crippen LogP contribution in [0.3, 0.4) is 0 Å².